The molecule has 4 rings (SSSR count). The summed E-state index contributed by atoms with van der Waals surface area (Å²) in [7, 11) is 1.67. The van der Waals surface area contributed by atoms with Gasteiger partial charge in [-0.3, -0.25) is 9.69 Å². The lowest BCUT2D eigenvalue weighted by molar-refractivity contribution is 0.0673. The van der Waals surface area contributed by atoms with E-state index in [0.29, 0.717) is 34.6 Å². The third kappa shape index (κ3) is 4.64. The van der Waals surface area contributed by atoms with Crippen LogP contribution in [0, 0.1) is 0 Å². The molecule has 0 unspecified atom stereocenters. The molecule has 2 heterocycles. The van der Waals surface area contributed by atoms with E-state index in [1.807, 2.05) is 24.3 Å². The van der Waals surface area contributed by atoms with Crippen LogP contribution < -0.4 is 10.2 Å². The fourth-order valence-electron chi connectivity index (χ4n) is 3.83. The molecule has 5 nitrogen and oxygen atoms in total. The Labute approximate surface area is 174 Å². The van der Waals surface area contributed by atoms with Gasteiger partial charge in [0.15, 0.2) is 5.43 Å². The summed E-state index contributed by atoms with van der Waals surface area (Å²) < 4.78 is 17.1. The van der Waals surface area contributed by atoms with E-state index in [2.05, 4.69) is 4.90 Å². The molecule has 0 aliphatic carbocycles. The predicted molar refractivity (Wildman–Crippen MR) is 114 cm³/mol. The number of fused-ring (bicyclic) bond motifs is 1. The Morgan fingerprint density at radius 1 is 1.17 bits per heavy atom. The van der Waals surface area contributed by atoms with Crippen LogP contribution in [0.5, 0.6) is 5.75 Å². The van der Waals surface area contributed by atoms with Crippen molar-refractivity contribution in [2.24, 2.45) is 0 Å². The third-order valence-corrected chi connectivity index (χ3v) is 5.51. The van der Waals surface area contributed by atoms with Crippen molar-refractivity contribution < 1.29 is 13.9 Å². The number of ether oxygens (including phenoxy) is 2. The van der Waals surface area contributed by atoms with Crippen LogP contribution in [-0.4, -0.2) is 31.3 Å². The van der Waals surface area contributed by atoms with Crippen LogP contribution in [0.25, 0.3) is 11.0 Å². The Bertz CT molecular complexity index is 1040. The first-order chi connectivity index (χ1) is 14.1. The highest BCUT2D eigenvalue weighted by Crippen LogP contribution is 2.23. The summed E-state index contributed by atoms with van der Waals surface area (Å²) in [6.07, 6.45) is 3.84. The van der Waals surface area contributed by atoms with E-state index in [0.717, 1.165) is 37.3 Å². The maximum absolute atomic E-state index is 13.0. The van der Waals surface area contributed by atoms with Crippen molar-refractivity contribution in [1.29, 1.82) is 0 Å². The maximum atomic E-state index is 13.0. The minimum absolute atomic E-state index is 0.0499. The van der Waals surface area contributed by atoms with Crippen LogP contribution in [0.15, 0.2) is 57.9 Å². The Balaban J connectivity index is 1.63. The summed E-state index contributed by atoms with van der Waals surface area (Å²) in [5.74, 6) is 0.835. The van der Waals surface area contributed by atoms with Crippen molar-refractivity contribution in [2.45, 2.75) is 32.0 Å². The normalized spacial score (nSPS) is 16.6. The van der Waals surface area contributed by atoms with E-state index in [-0.39, 0.29) is 11.5 Å². The molecule has 2 aromatic carbocycles. The van der Waals surface area contributed by atoms with Gasteiger partial charge in [-0.2, -0.15) is 0 Å². The number of rotatable bonds is 7. The van der Waals surface area contributed by atoms with Gasteiger partial charge in [-0.05, 0) is 37.1 Å². The Kier molecular flexibility index (Phi) is 6.19. The molecule has 1 fully saturated rings. The second kappa shape index (κ2) is 8.99. The molecular weight excluding hydrogens is 390 g/mol. The summed E-state index contributed by atoms with van der Waals surface area (Å²) in [5.41, 5.74) is 2.17. The van der Waals surface area contributed by atoms with Crippen LogP contribution in [0.3, 0.4) is 0 Å². The fraction of sp³-hybridized carbons (Fsp3) is 0.348. The zero-order valence-corrected chi connectivity index (χ0v) is 17.2. The Hall–Kier alpha value is -2.34. The highest BCUT2D eigenvalue weighted by Gasteiger charge is 2.21. The monoisotopic (exact) mass is 413 g/mol. The molecule has 6 heteroatoms. The molecule has 1 saturated heterocycles. The number of hydrogen-bond acceptors (Lipinski definition) is 5. The van der Waals surface area contributed by atoms with Gasteiger partial charge in [0.2, 0.25) is 0 Å². The molecule has 0 amide bonds. The molecule has 0 spiro atoms. The van der Waals surface area contributed by atoms with Crippen LogP contribution in [0.4, 0.5) is 0 Å². The first kappa shape index (κ1) is 20.0. The molecule has 0 saturated carbocycles. The lowest BCUT2D eigenvalue weighted by Crippen LogP contribution is -2.33. The molecule has 0 bridgehead atoms. The van der Waals surface area contributed by atoms with E-state index in [1.165, 1.54) is 0 Å². The molecule has 29 heavy (non-hydrogen) atoms. The molecule has 1 aliphatic rings. The number of benzene rings is 2. The standard InChI is InChI=1S/C23H24ClNO4/c1-27-21-7-3-2-5-16(21)12-25(14-19-6-4-10-28-19)13-17-15-29-22-9-8-18(24)11-20(22)23(17)26/h2-3,5,7-9,11,15,19H,4,6,10,12-14H2,1H3/t19-/m0/s1. The largest absolute Gasteiger partial charge is 0.496 e. The highest BCUT2D eigenvalue weighted by atomic mass is 35.5. The summed E-state index contributed by atoms with van der Waals surface area (Å²) in [4.78, 5) is 15.2. The highest BCUT2D eigenvalue weighted by molar-refractivity contribution is 6.31. The summed E-state index contributed by atoms with van der Waals surface area (Å²) in [6.45, 7) is 2.65. The number of hydrogen-bond donors (Lipinski definition) is 0. The molecule has 3 aromatic rings. The zero-order chi connectivity index (χ0) is 20.2. The number of para-hydroxylation sites is 1. The molecule has 1 aliphatic heterocycles. The van der Waals surface area contributed by atoms with E-state index >= 15 is 0 Å². The first-order valence-electron chi connectivity index (χ1n) is 9.80. The SMILES string of the molecule is COc1ccccc1CN(Cc1coc2ccc(Cl)cc2c1=O)C[C@@H]1CCCO1. The van der Waals surface area contributed by atoms with E-state index in [1.54, 1.807) is 31.6 Å². The van der Waals surface area contributed by atoms with Gasteiger partial charge in [0.05, 0.1) is 24.9 Å². The summed E-state index contributed by atoms with van der Waals surface area (Å²) >= 11 is 6.08. The van der Waals surface area contributed by atoms with Gasteiger partial charge >= 0.3 is 0 Å². The van der Waals surface area contributed by atoms with Crippen molar-refractivity contribution in [2.75, 3.05) is 20.3 Å². The second-order valence-corrected chi connectivity index (χ2v) is 7.78. The minimum Gasteiger partial charge on any atom is -0.496 e. The molecule has 1 atom stereocenters. The van der Waals surface area contributed by atoms with Crippen LogP contribution in [0.2, 0.25) is 5.02 Å². The van der Waals surface area contributed by atoms with Crippen molar-refractivity contribution in [1.82, 2.24) is 4.90 Å². The lowest BCUT2D eigenvalue weighted by atomic mass is 10.1. The smallest absolute Gasteiger partial charge is 0.197 e. The minimum atomic E-state index is -0.0499. The van der Waals surface area contributed by atoms with Gasteiger partial charge in [-0.25, -0.2) is 0 Å². The Morgan fingerprint density at radius 2 is 2.00 bits per heavy atom. The van der Waals surface area contributed by atoms with Crippen molar-refractivity contribution in [3.05, 3.63) is 75.1 Å². The van der Waals surface area contributed by atoms with E-state index in [9.17, 15) is 4.79 Å². The van der Waals surface area contributed by atoms with Gasteiger partial charge < -0.3 is 13.9 Å². The van der Waals surface area contributed by atoms with Gasteiger partial charge in [0.1, 0.15) is 11.3 Å². The quantitative estimate of drug-likeness (QED) is 0.565. The predicted octanol–water partition coefficient (Wildman–Crippen LogP) is 4.64. The van der Waals surface area contributed by atoms with Crippen LogP contribution >= 0.6 is 11.6 Å². The average Bonchev–Trinajstić information content (AvgIpc) is 3.24. The van der Waals surface area contributed by atoms with Crippen molar-refractivity contribution in [3.63, 3.8) is 0 Å². The van der Waals surface area contributed by atoms with Gasteiger partial charge in [-0.1, -0.05) is 29.8 Å². The van der Waals surface area contributed by atoms with E-state index in [4.69, 9.17) is 25.5 Å². The molecule has 0 N–H and O–H groups in total. The molecule has 152 valence electrons. The Morgan fingerprint density at radius 3 is 2.79 bits per heavy atom. The third-order valence-electron chi connectivity index (χ3n) is 5.27. The first-order valence-corrected chi connectivity index (χ1v) is 10.2. The fourth-order valence-corrected chi connectivity index (χ4v) is 4.00. The van der Waals surface area contributed by atoms with Crippen molar-refractivity contribution >= 4 is 22.6 Å². The molecule has 1 aromatic heterocycles. The number of nitrogens with zero attached hydrogens (tertiary/aromatic N) is 1. The van der Waals surface area contributed by atoms with Gasteiger partial charge in [0.25, 0.3) is 0 Å². The zero-order valence-electron chi connectivity index (χ0n) is 16.4. The second-order valence-electron chi connectivity index (χ2n) is 7.35. The lowest BCUT2D eigenvalue weighted by Gasteiger charge is -2.25. The average molecular weight is 414 g/mol. The van der Waals surface area contributed by atoms with Crippen LogP contribution in [0.1, 0.15) is 24.0 Å². The summed E-state index contributed by atoms with van der Waals surface area (Å²) in [5, 5.41) is 1.02. The van der Waals surface area contributed by atoms with Crippen molar-refractivity contribution in [3.8, 4) is 5.75 Å². The number of halogens is 1. The molecule has 0 radical (unpaired) electrons. The van der Waals surface area contributed by atoms with E-state index < -0.39 is 0 Å². The number of methoxy groups -OCH3 is 1. The van der Waals surface area contributed by atoms with Gasteiger partial charge in [-0.15, -0.1) is 0 Å². The van der Waals surface area contributed by atoms with Gasteiger partial charge in [0, 0.05) is 42.4 Å². The maximum Gasteiger partial charge on any atom is 0.197 e. The molecular formula is C23H24ClNO4. The topological polar surface area (TPSA) is 51.9 Å². The summed E-state index contributed by atoms with van der Waals surface area (Å²) in [6, 6.07) is 13.1. The van der Waals surface area contributed by atoms with Crippen LogP contribution in [-0.2, 0) is 17.8 Å².